The first kappa shape index (κ1) is 22.5. The van der Waals surface area contributed by atoms with Crippen LogP contribution in [0.25, 0.3) is 0 Å². The van der Waals surface area contributed by atoms with Gasteiger partial charge >= 0.3 is 5.97 Å². The quantitative estimate of drug-likeness (QED) is 0.568. The first-order chi connectivity index (χ1) is 14.5. The number of piperidine rings is 1. The van der Waals surface area contributed by atoms with Crippen LogP contribution in [0.1, 0.15) is 37.8 Å². The highest BCUT2D eigenvalue weighted by atomic mass is 16.5. The van der Waals surface area contributed by atoms with E-state index in [-0.39, 0.29) is 5.97 Å². The van der Waals surface area contributed by atoms with Gasteiger partial charge < -0.3 is 9.64 Å². The van der Waals surface area contributed by atoms with Gasteiger partial charge in [0.15, 0.2) is 0 Å². The highest BCUT2D eigenvalue weighted by Crippen LogP contribution is 2.25. The molecule has 3 rings (SSSR count). The zero-order chi connectivity index (χ0) is 21.4. The number of hydrogen-bond acceptors (Lipinski definition) is 4. The first-order valence-corrected chi connectivity index (χ1v) is 11.1. The van der Waals surface area contributed by atoms with Crippen molar-refractivity contribution in [1.82, 2.24) is 9.80 Å². The van der Waals surface area contributed by atoms with E-state index < -0.39 is 5.41 Å². The summed E-state index contributed by atoms with van der Waals surface area (Å²) in [6.07, 6.45) is 2.36. The molecule has 0 aromatic heterocycles. The highest BCUT2D eigenvalue weighted by molar-refractivity contribution is 5.76. The zero-order valence-electron chi connectivity index (χ0n) is 18.7. The number of carbonyl (C=O) groups excluding carboxylic acids is 1. The summed E-state index contributed by atoms with van der Waals surface area (Å²) in [6, 6.07) is 21.5. The lowest BCUT2D eigenvalue weighted by Gasteiger charge is -2.37. The SMILES string of the molecule is COC(=O)C(C)(C)CN1CCC(CN(Cc2ccccc2)Cc2ccccc2)CC1. The van der Waals surface area contributed by atoms with Gasteiger partial charge in [0.25, 0.3) is 0 Å². The van der Waals surface area contributed by atoms with Crippen molar-refractivity contribution < 1.29 is 9.53 Å². The van der Waals surface area contributed by atoms with Crippen LogP contribution in [0, 0.1) is 11.3 Å². The Hall–Kier alpha value is -2.17. The molecular weight excluding hydrogens is 372 g/mol. The van der Waals surface area contributed by atoms with Gasteiger partial charge in [0.05, 0.1) is 12.5 Å². The Labute approximate surface area is 181 Å². The molecule has 162 valence electrons. The fraction of sp³-hybridized carbons (Fsp3) is 0.500. The summed E-state index contributed by atoms with van der Waals surface area (Å²) in [6.45, 7) is 9.89. The maximum absolute atomic E-state index is 12.0. The van der Waals surface area contributed by atoms with Crippen LogP contribution in [0.5, 0.6) is 0 Å². The molecule has 0 N–H and O–H groups in total. The maximum atomic E-state index is 12.0. The Balaban J connectivity index is 1.56. The monoisotopic (exact) mass is 408 g/mol. The Morgan fingerprint density at radius 3 is 1.93 bits per heavy atom. The fourth-order valence-electron chi connectivity index (χ4n) is 4.46. The Kier molecular flexibility index (Phi) is 8.06. The topological polar surface area (TPSA) is 32.8 Å². The van der Waals surface area contributed by atoms with E-state index in [2.05, 4.69) is 70.5 Å². The molecule has 1 aliphatic heterocycles. The van der Waals surface area contributed by atoms with Gasteiger partial charge in [0, 0.05) is 26.2 Å². The van der Waals surface area contributed by atoms with Crippen LogP contribution in [0.2, 0.25) is 0 Å². The Bertz CT molecular complexity index is 727. The summed E-state index contributed by atoms with van der Waals surface area (Å²) in [5.41, 5.74) is 2.28. The number of benzene rings is 2. The van der Waals surface area contributed by atoms with Crippen LogP contribution in [0.4, 0.5) is 0 Å². The van der Waals surface area contributed by atoms with E-state index in [1.165, 1.54) is 31.1 Å². The van der Waals surface area contributed by atoms with Gasteiger partial charge in [-0.3, -0.25) is 9.69 Å². The van der Waals surface area contributed by atoms with E-state index in [9.17, 15) is 4.79 Å². The van der Waals surface area contributed by atoms with Crippen LogP contribution in [0.3, 0.4) is 0 Å². The molecule has 2 aromatic carbocycles. The van der Waals surface area contributed by atoms with Gasteiger partial charge in [-0.15, -0.1) is 0 Å². The van der Waals surface area contributed by atoms with Crippen LogP contribution in [-0.2, 0) is 22.6 Å². The van der Waals surface area contributed by atoms with Crippen molar-refractivity contribution in [2.45, 2.75) is 39.8 Å². The average Bonchev–Trinajstić information content (AvgIpc) is 2.75. The van der Waals surface area contributed by atoms with Crippen molar-refractivity contribution in [3.63, 3.8) is 0 Å². The number of ether oxygens (including phenoxy) is 1. The lowest BCUT2D eigenvalue weighted by atomic mass is 9.90. The standard InChI is InChI=1S/C26H36N2O2/c1-26(2,25(29)30-3)21-27-16-14-24(15-17-27)20-28(18-22-10-6-4-7-11-22)19-23-12-8-5-9-13-23/h4-13,24H,14-21H2,1-3H3. The smallest absolute Gasteiger partial charge is 0.312 e. The van der Waals surface area contributed by atoms with Crippen LogP contribution < -0.4 is 0 Å². The van der Waals surface area contributed by atoms with Gasteiger partial charge in [-0.05, 0) is 56.8 Å². The summed E-state index contributed by atoms with van der Waals surface area (Å²) < 4.78 is 4.97. The molecule has 30 heavy (non-hydrogen) atoms. The van der Waals surface area contributed by atoms with Crippen molar-refractivity contribution in [2.24, 2.45) is 11.3 Å². The van der Waals surface area contributed by atoms with Gasteiger partial charge in [-0.2, -0.15) is 0 Å². The third kappa shape index (κ3) is 6.68. The van der Waals surface area contributed by atoms with Crippen molar-refractivity contribution >= 4 is 5.97 Å². The van der Waals surface area contributed by atoms with Crippen LogP contribution in [0.15, 0.2) is 60.7 Å². The largest absolute Gasteiger partial charge is 0.469 e. The minimum absolute atomic E-state index is 0.124. The third-order valence-corrected chi connectivity index (χ3v) is 6.08. The van der Waals surface area contributed by atoms with Crippen molar-refractivity contribution in [1.29, 1.82) is 0 Å². The second-order valence-electron chi connectivity index (χ2n) is 9.24. The van der Waals surface area contributed by atoms with Gasteiger partial charge in [-0.1, -0.05) is 60.7 Å². The summed E-state index contributed by atoms with van der Waals surface area (Å²) in [5.74, 6) is 0.566. The number of hydrogen-bond donors (Lipinski definition) is 0. The van der Waals surface area contributed by atoms with E-state index in [4.69, 9.17) is 4.74 Å². The zero-order valence-corrected chi connectivity index (χ0v) is 18.7. The minimum Gasteiger partial charge on any atom is -0.469 e. The van der Waals surface area contributed by atoms with E-state index in [1.54, 1.807) is 0 Å². The summed E-state index contributed by atoms with van der Waals surface area (Å²) in [5, 5.41) is 0. The number of carbonyl (C=O) groups is 1. The molecule has 1 heterocycles. The molecule has 4 heteroatoms. The van der Waals surface area contributed by atoms with Crippen molar-refractivity contribution in [3.8, 4) is 0 Å². The molecule has 0 spiro atoms. The molecule has 1 fully saturated rings. The van der Waals surface area contributed by atoms with Crippen LogP contribution >= 0.6 is 0 Å². The fourth-order valence-corrected chi connectivity index (χ4v) is 4.46. The third-order valence-electron chi connectivity index (χ3n) is 6.08. The van der Waals surface area contributed by atoms with Gasteiger partial charge in [-0.25, -0.2) is 0 Å². The molecule has 0 atom stereocenters. The van der Waals surface area contributed by atoms with E-state index in [0.29, 0.717) is 5.92 Å². The van der Waals surface area contributed by atoms with Gasteiger partial charge in [0.2, 0.25) is 0 Å². The van der Waals surface area contributed by atoms with Crippen molar-refractivity contribution in [3.05, 3.63) is 71.8 Å². The molecule has 0 saturated carbocycles. The average molecular weight is 409 g/mol. The predicted octanol–water partition coefficient (Wildman–Crippen LogP) is 4.60. The lowest BCUT2D eigenvalue weighted by Crippen LogP contribution is -2.45. The second-order valence-corrected chi connectivity index (χ2v) is 9.24. The van der Waals surface area contributed by atoms with E-state index in [1.807, 2.05) is 13.8 Å². The summed E-state index contributed by atoms with van der Waals surface area (Å²) in [4.78, 5) is 17.0. The molecule has 4 nitrogen and oxygen atoms in total. The Morgan fingerprint density at radius 1 is 0.967 bits per heavy atom. The predicted molar refractivity (Wildman–Crippen MR) is 122 cm³/mol. The Morgan fingerprint density at radius 2 is 1.47 bits per heavy atom. The molecule has 0 aliphatic carbocycles. The van der Waals surface area contributed by atoms with E-state index in [0.717, 1.165) is 39.3 Å². The number of methoxy groups -OCH3 is 1. The van der Waals surface area contributed by atoms with E-state index >= 15 is 0 Å². The summed E-state index contributed by atoms with van der Waals surface area (Å²) >= 11 is 0. The number of rotatable bonds is 9. The molecule has 0 unspecified atom stereocenters. The molecule has 1 aliphatic rings. The van der Waals surface area contributed by atoms with Crippen LogP contribution in [-0.4, -0.2) is 49.1 Å². The normalized spacial score (nSPS) is 16.0. The maximum Gasteiger partial charge on any atom is 0.312 e. The minimum atomic E-state index is -0.450. The summed E-state index contributed by atoms with van der Waals surface area (Å²) in [7, 11) is 1.48. The highest BCUT2D eigenvalue weighted by Gasteiger charge is 2.32. The number of likely N-dealkylation sites (tertiary alicyclic amines) is 1. The first-order valence-electron chi connectivity index (χ1n) is 11.1. The second kappa shape index (κ2) is 10.7. The van der Waals surface area contributed by atoms with Crippen molar-refractivity contribution in [2.75, 3.05) is 33.3 Å². The molecule has 2 aromatic rings. The molecule has 1 saturated heterocycles. The molecule has 0 bridgehead atoms. The lowest BCUT2D eigenvalue weighted by molar-refractivity contribution is -0.152. The molecule has 0 radical (unpaired) electrons. The number of nitrogens with zero attached hydrogens (tertiary/aromatic N) is 2. The molecule has 0 amide bonds. The molecular formula is C26H36N2O2. The number of esters is 1. The van der Waals surface area contributed by atoms with Gasteiger partial charge in [0.1, 0.15) is 0 Å².